The average Bonchev–Trinajstić information content (AvgIpc) is 2.56. The van der Waals surface area contributed by atoms with E-state index in [2.05, 4.69) is 10.8 Å². The Balaban J connectivity index is 1.77. The summed E-state index contributed by atoms with van der Waals surface area (Å²) >= 11 is 0. The summed E-state index contributed by atoms with van der Waals surface area (Å²) in [4.78, 5) is 5.06. The van der Waals surface area contributed by atoms with Gasteiger partial charge in [-0.25, -0.2) is 0 Å². The van der Waals surface area contributed by atoms with Crippen molar-refractivity contribution in [1.82, 2.24) is 10.8 Å². The van der Waals surface area contributed by atoms with Crippen molar-refractivity contribution >= 4 is 0 Å². The van der Waals surface area contributed by atoms with Crippen LogP contribution in [0.5, 0.6) is 0 Å². The van der Waals surface area contributed by atoms with Crippen LogP contribution in [-0.4, -0.2) is 25.7 Å². The molecule has 1 saturated carbocycles. The van der Waals surface area contributed by atoms with Gasteiger partial charge in [-0.1, -0.05) is 5.48 Å². The molecule has 2 heterocycles. The van der Waals surface area contributed by atoms with E-state index in [0.717, 1.165) is 18.9 Å². The van der Waals surface area contributed by atoms with Crippen molar-refractivity contribution in [2.45, 2.75) is 18.9 Å². The zero-order valence-corrected chi connectivity index (χ0v) is 6.55. The molecule has 3 unspecified atom stereocenters. The summed E-state index contributed by atoms with van der Waals surface area (Å²) in [7, 11) is 0. The molecular weight excluding hydrogens is 140 g/mol. The number of hydrogen-bond acceptors (Lipinski definition) is 2. The molecule has 3 fully saturated rings. The summed E-state index contributed by atoms with van der Waals surface area (Å²) in [5.74, 6) is 0.915. The smallest absolute Gasteiger partial charge is 0.0719 e. The minimum Gasteiger partial charge on any atom is -0.316 e. The van der Waals surface area contributed by atoms with Gasteiger partial charge in [0, 0.05) is 12.0 Å². The molecular formula is C8H13N2O. The first-order chi connectivity index (χ1) is 5.42. The van der Waals surface area contributed by atoms with Crippen LogP contribution in [0.4, 0.5) is 0 Å². The van der Waals surface area contributed by atoms with E-state index >= 15 is 0 Å². The number of hydrogen-bond donors (Lipinski definition) is 1. The van der Waals surface area contributed by atoms with E-state index < -0.39 is 0 Å². The van der Waals surface area contributed by atoms with Gasteiger partial charge in [0.05, 0.1) is 12.6 Å². The zero-order chi connectivity index (χ0) is 7.31. The third-order valence-corrected chi connectivity index (χ3v) is 3.47. The lowest BCUT2D eigenvalue weighted by Gasteiger charge is -2.16. The maximum absolute atomic E-state index is 5.06. The molecule has 3 atom stereocenters. The van der Waals surface area contributed by atoms with Crippen molar-refractivity contribution in [3.05, 3.63) is 0 Å². The standard InChI is InChI=1S/C8H13N2O/c1-2-11-10-7(1)8-3-6(8)4-9-5-8/h6-7,9H,1-5H2. The maximum Gasteiger partial charge on any atom is 0.0719 e. The number of piperidine rings is 1. The Morgan fingerprint density at radius 2 is 2.55 bits per heavy atom. The molecule has 1 radical (unpaired) electrons. The van der Waals surface area contributed by atoms with Crippen LogP contribution in [0, 0.1) is 11.3 Å². The predicted molar refractivity (Wildman–Crippen MR) is 39.9 cm³/mol. The second-order valence-electron chi connectivity index (χ2n) is 4.01. The van der Waals surface area contributed by atoms with Gasteiger partial charge in [-0.2, -0.15) is 0 Å². The molecule has 2 aliphatic heterocycles. The molecule has 0 aromatic heterocycles. The summed E-state index contributed by atoms with van der Waals surface area (Å²) in [5.41, 5.74) is 4.73. The van der Waals surface area contributed by atoms with Crippen LogP contribution in [0.2, 0.25) is 0 Å². The number of rotatable bonds is 1. The molecule has 2 saturated heterocycles. The van der Waals surface area contributed by atoms with Crippen molar-refractivity contribution < 1.29 is 4.84 Å². The third kappa shape index (κ3) is 0.736. The Kier molecular flexibility index (Phi) is 1.15. The molecule has 0 bridgehead atoms. The largest absolute Gasteiger partial charge is 0.316 e. The molecule has 0 spiro atoms. The van der Waals surface area contributed by atoms with Gasteiger partial charge in [0.15, 0.2) is 0 Å². The molecule has 0 amide bonds. The SMILES string of the molecule is C1CC(C23CNCC2C3)[N]O1. The van der Waals surface area contributed by atoms with E-state index in [1.54, 1.807) is 0 Å². The van der Waals surface area contributed by atoms with E-state index in [1.807, 2.05) is 0 Å². The van der Waals surface area contributed by atoms with Gasteiger partial charge in [0.2, 0.25) is 0 Å². The molecule has 61 valence electrons. The van der Waals surface area contributed by atoms with E-state index in [-0.39, 0.29) is 0 Å². The highest BCUT2D eigenvalue weighted by atomic mass is 16.7. The van der Waals surface area contributed by atoms with Crippen LogP contribution in [-0.2, 0) is 4.84 Å². The topological polar surface area (TPSA) is 35.4 Å². The van der Waals surface area contributed by atoms with Gasteiger partial charge in [-0.15, -0.1) is 0 Å². The quantitative estimate of drug-likeness (QED) is 0.571. The van der Waals surface area contributed by atoms with Gasteiger partial charge in [0.1, 0.15) is 0 Å². The highest BCUT2D eigenvalue weighted by Crippen LogP contribution is 2.58. The Hall–Kier alpha value is -0.120. The van der Waals surface area contributed by atoms with E-state index in [0.29, 0.717) is 11.5 Å². The Bertz CT molecular complexity index is 179. The summed E-state index contributed by atoms with van der Waals surface area (Å²) < 4.78 is 0. The highest BCUT2D eigenvalue weighted by Gasteiger charge is 2.62. The normalized spacial score (nSPS) is 54.5. The maximum atomic E-state index is 5.06. The van der Waals surface area contributed by atoms with Crippen LogP contribution in [0.1, 0.15) is 12.8 Å². The molecule has 3 aliphatic rings. The summed E-state index contributed by atoms with van der Waals surface area (Å²) in [6.45, 7) is 3.24. The minimum absolute atomic E-state index is 0.516. The fourth-order valence-electron chi connectivity index (χ4n) is 2.65. The van der Waals surface area contributed by atoms with Crippen LogP contribution in [0.25, 0.3) is 0 Å². The van der Waals surface area contributed by atoms with Crippen LogP contribution < -0.4 is 10.8 Å². The Labute approximate surface area is 66.4 Å². The van der Waals surface area contributed by atoms with E-state index in [1.165, 1.54) is 19.5 Å². The van der Waals surface area contributed by atoms with Crippen molar-refractivity contribution in [3.63, 3.8) is 0 Å². The first kappa shape index (κ1) is 6.40. The third-order valence-electron chi connectivity index (χ3n) is 3.47. The fourth-order valence-corrected chi connectivity index (χ4v) is 2.65. The van der Waals surface area contributed by atoms with Crippen molar-refractivity contribution in [1.29, 1.82) is 0 Å². The predicted octanol–water partition coefficient (Wildman–Crippen LogP) is -0.0958. The van der Waals surface area contributed by atoms with Crippen LogP contribution >= 0.6 is 0 Å². The van der Waals surface area contributed by atoms with Gasteiger partial charge in [-0.3, -0.25) is 4.84 Å². The minimum atomic E-state index is 0.516. The van der Waals surface area contributed by atoms with Gasteiger partial charge in [-0.05, 0) is 25.3 Å². The Morgan fingerprint density at radius 3 is 3.09 bits per heavy atom. The number of nitrogens with one attached hydrogen (secondary N) is 1. The zero-order valence-electron chi connectivity index (χ0n) is 6.55. The van der Waals surface area contributed by atoms with Gasteiger partial charge in [0.25, 0.3) is 0 Å². The molecule has 3 heteroatoms. The second kappa shape index (κ2) is 1.97. The molecule has 1 N–H and O–H groups in total. The Morgan fingerprint density at radius 1 is 1.55 bits per heavy atom. The molecule has 1 aliphatic carbocycles. The number of nitrogens with zero attached hydrogens (tertiary/aromatic N) is 1. The van der Waals surface area contributed by atoms with E-state index in [4.69, 9.17) is 4.84 Å². The van der Waals surface area contributed by atoms with E-state index in [9.17, 15) is 0 Å². The molecule has 0 aromatic rings. The summed E-state index contributed by atoms with van der Waals surface area (Å²) in [6, 6.07) is 0.516. The van der Waals surface area contributed by atoms with Crippen molar-refractivity contribution in [2.75, 3.05) is 19.7 Å². The average molecular weight is 153 g/mol. The molecule has 3 nitrogen and oxygen atoms in total. The van der Waals surface area contributed by atoms with Gasteiger partial charge >= 0.3 is 0 Å². The number of hydroxylamine groups is 1. The monoisotopic (exact) mass is 153 g/mol. The van der Waals surface area contributed by atoms with Crippen LogP contribution in [0.3, 0.4) is 0 Å². The fraction of sp³-hybridized carbons (Fsp3) is 1.00. The van der Waals surface area contributed by atoms with Crippen molar-refractivity contribution in [3.8, 4) is 0 Å². The second-order valence-corrected chi connectivity index (χ2v) is 4.01. The lowest BCUT2D eigenvalue weighted by atomic mass is 9.94. The van der Waals surface area contributed by atoms with Crippen LogP contribution in [0.15, 0.2) is 0 Å². The molecule has 0 aromatic carbocycles. The summed E-state index contributed by atoms with van der Waals surface area (Å²) in [6.07, 6.45) is 2.54. The lowest BCUT2D eigenvalue weighted by molar-refractivity contribution is 0.0657. The number of fused-ring (bicyclic) bond motifs is 1. The summed E-state index contributed by atoms with van der Waals surface area (Å²) in [5, 5.41) is 3.42. The highest BCUT2D eigenvalue weighted by molar-refractivity contribution is 5.14. The lowest BCUT2D eigenvalue weighted by Crippen LogP contribution is -2.31. The van der Waals surface area contributed by atoms with Gasteiger partial charge < -0.3 is 5.32 Å². The first-order valence-electron chi connectivity index (χ1n) is 4.45. The van der Waals surface area contributed by atoms with Crippen molar-refractivity contribution in [2.24, 2.45) is 11.3 Å². The molecule has 11 heavy (non-hydrogen) atoms. The molecule has 3 rings (SSSR count). The first-order valence-corrected chi connectivity index (χ1v) is 4.45.